The number of nitrogens with zero attached hydrogens (tertiary/aromatic N) is 1. The first kappa shape index (κ1) is 13.1. The zero-order chi connectivity index (χ0) is 12.7. The number of rotatable bonds is 5. The van der Waals surface area contributed by atoms with Gasteiger partial charge in [-0.05, 0) is 32.1 Å². The summed E-state index contributed by atoms with van der Waals surface area (Å²) < 4.78 is 4.78. The number of ether oxygens (including phenoxy) is 1. The molecule has 0 N–H and O–H groups in total. The Balaban J connectivity index is 2.54. The fraction of sp³-hybridized carbons (Fsp3) is 0.308. The Morgan fingerprint density at radius 1 is 1.41 bits per heavy atom. The largest absolute Gasteiger partial charge is 0.466 e. The molecule has 0 atom stereocenters. The summed E-state index contributed by atoms with van der Waals surface area (Å²) >= 11 is 0. The highest BCUT2D eigenvalue weighted by Gasteiger charge is 1.99. The predicted molar refractivity (Wildman–Crippen MR) is 64.5 cm³/mol. The van der Waals surface area contributed by atoms with Crippen LogP contribution in [0.1, 0.15) is 36.3 Å². The number of hydrogen-bond donors (Lipinski definition) is 0. The number of esters is 1. The second-order valence-electron chi connectivity index (χ2n) is 3.44. The number of ketones is 1. The minimum Gasteiger partial charge on any atom is -0.466 e. The summed E-state index contributed by atoms with van der Waals surface area (Å²) in [6.45, 7) is 3.65. The highest BCUT2D eigenvalue weighted by atomic mass is 16.5. The van der Waals surface area contributed by atoms with Crippen molar-refractivity contribution in [2.45, 2.75) is 20.3 Å². The van der Waals surface area contributed by atoms with Gasteiger partial charge in [-0.3, -0.25) is 14.6 Å². The predicted octanol–water partition coefficient (Wildman–Crippen LogP) is 2.25. The van der Waals surface area contributed by atoms with E-state index in [4.69, 9.17) is 4.74 Å². The lowest BCUT2D eigenvalue weighted by atomic mass is 10.2. The third-order valence-electron chi connectivity index (χ3n) is 2.07. The summed E-state index contributed by atoms with van der Waals surface area (Å²) in [6.07, 6.45) is 5.16. The normalized spacial score (nSPS) is 10.5. The summed E-state index contributed by atoms with van der Waals surface area (Å²) in [5.41, 5.74) is 1.28. The van der Waals surface area contributed by atoms with Crippen LogP contribution in [0.4, 0.5) is 0 Å². The first-order valence-corrected chi connectivity index (χ1v) is 5.42. The van der Waals surface area contributed by atoms with E-state index in [1.807, 2.05) is 0 Å². The molecule has 17 heavy (non-hydrogen) atoms. The number of pyridine rings is 1. The van der Waals surface area contributed by atoms with Gasteiger partial charge in [-0.15, -0.1) is 0 Å². The van der Waals surface area contributed by atoms with E-state index in [0.29, 0.717) is 17.9 Å². The van der Waals surface area contributed by atoms with Crippen LogP contribution in [0.15, 0.2) is 24.4 Å². The summed E-state index contributed by atoms with van der Waals surface area (Å²) in [4.78, 5) is 26.1. The summed E-state index contributed by atoms with van der Waals surface area (Å²) in [5, 5.41) is 0. The van der Waals surface area contributed by atoms with Gasteiger partial charge in [0.05, 0.1) is 18.7 Å². The van der Waals surface area contributed by atoms with Gasteiger partial charge in [0.25, 0.3) is 0 Å². The van der Waals surface area contributed by atoms with Crippen molar-refractivity contribution in [2.75, 3.05) is 6.61 Å². The maximum Gasteiger partial charge on any atom is 0.309 e. The molecule has 1 aromatic heterocycles. The van der Waals surface area contributed by atoms with E-state index in [9.17, 15) is 9.59 Å². The van der Waals surface area contributed by atoms with Crippen molar-refractivity contribution in [2.24, 2.45) is 0 Å². The molecule has 0 unspecified atom stereocenters. The third-order valence-corrected chi connectivity index (χ3v) is 2.07. The van der Waals surface area contributed by atoms with Crippen molar-refractivity contribution < 1.29 is 14.3 Å². The van der Waals surface area contributed by atoms with Crippen molar-refractivity contribution in [1.29, 1.82) is 0 Å². The van der Waals surface area contributed by atoms with Gasteiger partial charge in [0.15, 0.2) is 5.78 Å². The first-order chi connectivity index (χ1) is 8.13. The minimum absolute atomic E-state index is 0.0143. The van der Waals surface area contributed by atoms with Crippen LogP contribution in [0.2, 0.25) is 0 Å². The van der Waals surface area contributed by atoms with Gasteiger partial charge in [-0.25, -0.2) is 0 Å². The van der Waals surface area contributed by atoms with E-state index < -0.39 is 0 Å². The molecule has 0 radical (unpaired) electrons. The van der Waals surface area contributed by atoms with E-state index in [1.54, 1.807) is 31.2 Å². The van der Waals surface area contributed by atoms with Crippen molar-refractivity contribution in [1.82, 2.24) is 4.98 Å². The number of carbonyl (C=O) groups is 2. The first-order valence-electron chi connectivity index (χ1n) is 5.42. The number of carbonyl (C=O) groups excluding carboxylic acids is 2. The van der Waals surface area contributed by atoms with Crippen LogP contribution in [0.5, 0.6) is 0 Å². The second-order valence-corrected chi connectivity index (χ2v) is 3.44. The molecule has 1 aromatic rings. The average molecular weight is 233 g/mol. The molecule has 4 nitrogen and oxygen atoms in total. The second kappa shape index (κ2) is 6.58. The SMILES string of the molecule is CCOC(=O)CC=Cc1ccc(C(C)=O)cn1. The molecular weight excluding hydrogens is 218 g/mol. The molecule has 90 valence electrons. The number of Topliss-reactive ketones (excluding diaryl/α,β-unsaturated/α-hetero) is 1. The Bertz CT molecular complexity index is 421. The molecule has 0 amide bonds. The standard InChI is InChI=1S/C13H15NO3/c1-3-17-13(16)6-4-5-12-8-7-11(9-14-12)10(2)15/h4-5,7-9H,3,6H2,1-2H3. The lowest BCUT2D eigenvalue weighted by Gasteiger charge is -1.97. The lowest BCUT2D eigenvalue weighted by Crippen LogP contribution is -2.01. The highest BCUT2D eigenvalue weighted by Crippen LogP contribution is 2.03. The molecule has 1 rings (SSSR count). The van der Waals surface area contributed by atoms with Gasteiger partial charge in [0.1, 0.15) is 0 Å². The molecule has 0 saturated carbocycles. The molecule has 1 heterocycles. The van der Waals surface area contributed by atoms with Crippen LogP contribution in [-0.2, 0) is 9.53 Å². The molecule has 0 fully saturated rings. The quantitative estimate of drug-likeness (QED) is 0.578. The van der Waals surface area contributed by atoms with Gasteiger partial charge >= 0.3 is 5.97 Å². The van der Waals surface area contributed by atoms with Crippen LogP contribution >= 0.6 is 0 Å². The Morgan fingerprint density at radius 3 is 2.71 bits per heavy atom. The molecule has 4 heteroatoms. The van der Waals surface area contributed by atoms with E-state index in [0.717, 1.165) is 0 Å². The number of aromatic nitrogens is 1. The van der Waals surface area contributed by atoms with E-state index in [2.05, 4.69) is 4.98 Å². The van der Waals surface area contributed by atoms with Gasteiger partial charge in [-0.2, -0.15) is 0 Å². The Kier molecular flexibility index (Phi) is 5.07. The molecule has 0 saturated heterocycles. The lowest BCUT2D eigenvalue weighted by molar-refractivity contribution is -0.142. The monoisotopic (exact) mass is 233 g/mol. The topological polar surface area (TPSA) is 56.3 Å². The molecule has 0 aliphatic heterocycles. The van der Waals surface area contributed by atoms with Crippen LogP contribution in [0.25, 0.3) is 6.08 Å². The Morgan fingerprint density at radius 2 is 2.18 bits per heavy atom. The zero-order valence-corrected chi connectivity index (χ0v) is 9.97. The van der Waals surface area contributed by atoms with Crippen molar-refractivity contribution in [3.63, 3.8) is 0 Å². The van der Waals surface area contributed by atoms with Gasteiger partial charge in [-0.1, -0.05) is 6.08 Å². The van der Waals surface area contributed by atoms with Gasteiger partial charge in [0.2, 0.25) is 0 Å². The number of hydrogen-bond acceptors (Lipinski definition) is 4. The zero-order valence-electron chi connectivity index (χ0n) is 9.97. The molecule has 0 aliphatic carbocycles. The van der Waals surface area contributed by atoms with Crippen molar-refractivity contribution in [3.05, 3.63) is 35.7 Å². The molecule has 0 aromatic carbocycles. The fourth-order valence-electron chi connectivity index (χ4n) is 1.21. The Hall–Kier alpha value is -1.97. The molecule has 0 spiro atoms. The molecule has 0 aliphatic rings. The summed E-state index contributed by atoms with van der Waals surface area (Å²) in [5.74, 6) is -0.274. The fourth-order valence-corrected chi connectivity index (χ4v) is 1.21. The van der Waals surface area contributed by atoms with Crippen LogP contribution in [0.3, 0.4) is 0 Å². The van der Waals surface area contributed by atoms with E-state index in [-0.39, 0.29) is 18.2 Å². The Labute approximate surface area is 100 Å². The summed E-state index contributed by atoms with van der Waals surface area (Å²) in [7, 11) is 0. The van der Waals surface area contributed by atoms with Gasteiger partial charge in [0, 0.05) is 11.8 Å². The van der Waals surface area contributed by atoms with E-state index in [1.165, 1.54) is 13.1 Å². The van der Waals surface area contributed by atoms with E-state index >= 15 is 0 Å². The highest BCUT2D eigenvalue weighted by molar-refractivity contribution is 5.93. The maximum atomic E-state index is 11.0. The maximum absolute atomic E-state index is 11.0. The average Bonchev–Trinajstić information content (AvgIpc) is 2.30. The van der Waals surface area contributed by atoms with Crippen molar-refractivity contribution >= 4 is 17.8 Å². The van der Waals surface area contributed by atoms with Crippen molar-refractivity contribution in [3.8, 4) is 0 Å². The van der Waals surface area contributed by atoms with Crippen LogP contribution < -0.4 is 0 Å². The van der Waals surface area contributed by atoms with Gasteiger partial charge < -0.3 is 4.74 Å². The smallest absolute Gasteiger partial charge is 0.309 e. The third kappa shape index (κ3) is 4.59. The van der Waals surface area contributed by atoms with Crippen LogP contribution in [-0.4, -0.2) is 23.3 Å². The molecular formula is C13H15NO3. The minimum atomic E-state index is -0.260. The van der Waals surface area contributed by atoms with Crippen LogP contribution in [0, 0.1) is 0 Å². The summed E-state index contributed by atoms with van der Waals surface area (Å²) in [6, 6.07) is 3.44. The molecule has 0 bridgehead atoms.